The summed E-state index contributed by atoms with van der Waals surface area (Å²) in [6.45, 7) is 2.17. The van der Waals surface area contributed by atoms with E-state index in [2.05, 4.69) is 71.2 Å². The molecule has 20 heavy (non-hydrogen) atoms. The van der Waals surface area contributed by atoms with Crippen LogP contribution in [-0.4, -0.2) is 16.5 Å². The summed E-state index contributed by atoms with van der Waals surface area (Å²) < 4.78 is 0. The Hall–Kier alpha value is -1.94. The molecule has 2 N–H and O–H groups in total. The molecule has 0 saturated carbocycles. The quantitative estimate of drug-likeness (QED) is 0.695. The van der Waals surface area contributed by atoms with E-state index in [-0.39, 0.29) is 6.04 Å². The van der Waals surface area contributed by atoms with Crippen LogP contribution in [0.3, 0.4) is 0 Å². The smallest absolute Gasteiger partial charge is 0.0670 e. The molecule has 0 bridgehead atoms. The minimum Gasteiger partial charge on any atom is -0.378 e. The fourth-order valence-electron chi connectivity index (χ4n) is 2.25. The minimum absolute atomic E-state index is 0.270. The van der Waals surface area contributed by atoms with Crippen molar-refractivity contribution in [2.45, 2.75) is 17.9 Å². The zero-order chi connectivity index (χ0) is 13.9. The monoisotopic (exact) mass is 283 g/mol. The SMILES string of the molecule is CSc1ccc(C(C)Nc2ccc3cn[nH]c3c2)cc1. The van der Waals surface area contributed by atoms with Crippen LogP contribution in [0, 0.1) is 0 Å². The van der Waals surface area contributed by atoms with Crippen LogP contribution in [0.5, 0.6) is 0 Å². The molecule has 0 spiro atoms. The molecule has 0 aliphatic heterocycles. The van der Waals surface area contributed by atoms with Crippen LogP contribution in [0.4, 0.5) is 5.69 Å². The third-order valence-electron chi connectivity index (χ3n) is 3.44. The molecule has 1 heterocycles. The second-order valence-corrected chi connectivity index (χ2v) is 5.69. The van der Waals surface area contributed by atoms with Gasteiger partial charge in [-0.05, 0) is 49.1 Å². The van der Waals surface area contributed by atoms with Crippen molar-refractivity contribution in [2.75, 3.05) is 11.6 Å². The molecular formula is C16H17N3S. The van der Waals surface area contributed by atoms with E-state index in [0.29, 0.717) is 0 Å². The van der Waals surface area contributed by atoms with Gasteiger partial charge in [0.1, 0.15) is 0 Å². The Balaban J connectivity index is 1.78. The van der Waals surface area contributed by atoms with Gasteiger partial charge in [0.05, 0.1) is 11.7 Å². The van der Waals surface area contributed by atoms with E-state index in [9.17, 15) is 0 Å². The van der Waals surface area contributed by atoms with E-state index in [1.807, 2.05) is 6.20 Å². The zero-order valence-corrected chi connectivity index (χ0v) is 12.4. The summed E-state index contributed by atoms with van der Waals surface area (Å²) in [6, 6.07) is 15.2. The second-order valence-electron chi connectivity index (χ2n) is 4.81. The predicted molar refractivity (Wildman–Crippen MR) is 86.4 cm³/mol. The highest BCUT2D eigenvalue weighted by Gasteiger charge is 2.06. The summed E-state index contributed by atoms with van der Waals surface area (Å²) in [6.07, 6.45) is 3.93. The lowest BCUT2D eigenvalue weighted by atomic mass is 10.1. The Labute approximate surface area is 122 Å². The third-order valence-corrected chi connectivity index (χ3v) is 4.18. The molecule has 2 aromatic carbocycles. The van der Waals surface area contributed by atoms with Crippen LogP contribution < -0.4 is 5.32 Å². The first kappa shape index (κ1) is 13.1. The van der Waals surface area contributed by atoms with Crippen molar-refractivity contribution in [1.29, 1.82) is 0 Å². The summed E-state index contributed by atoms with van der Waals surface area (Å²) in [7, 11) is 0. The van der Waals surface area contributed by atoms with Gasteiger partial charge >= 0.3 is 0 Å². The fraction of sp³-hybridized carbons (Fsp3) is 0.188. The summed E-state index contributed by atoms with van der Waals surface area (Å²) in [5, 5.41) is 11.7. The molecule has 102 valence electrons. The molecule has 1 aromatic heterocycles. The summed E-state index contributed by atoms with van der Waals surface area (Å²) in [4.78, 5) is 1.29. The second kappa shape index (κ2) is 5.59. The molecule has 3 nitrogen and oxygen atoms in total. The van der Waals surface area contributed by atoms with Crippen LogP contribution in [0.15, 0.2) is 53.6 Å². The number of hydrogen-bond acceptors (Lipinski definition) is 3. The standard InChI is InChI=1S/C16H17N3S/c1-11(12-4-7-15(20-2)8-5-12)18-14-6-3-13-10-17-19-16(13)9-14/h3-11,18H,1-2H3,(H,17,19). The highest BCUT2D eigenvalue weighted by Crippen LogP contribution is 2.24. The molecule has 0 saturated heterocycles. The number of aromatic amines is 1. The van der Waals surface area contributed by atoms with Crippen molar-refractivity contribution in [1.82, 2.24) is 10.2 Å². The number of nitrogens with one attached hydrogen (secondary N) is 2. The van der Waals surface area contributed by atoms with E-state index in [4.69, 9.17) is 0 Å². The predicted octanol–water partition coefficient (Wildman–Crippen LogP) is 4.46. The van der Waals surface area contributed by atoms with E-state index in [1.165, 1.54) is 10.5 Å². The first-order chi connectivity index (χ1) is 9.76. The molecule has 0 aliphatic rings. The molecule has 1 atom stereocenters. The topological polar surface area (TPSA) is 40.7 Å². The average Bonchev–Trinajstić information content (AvgIpc) is 2.95. The minimum atomic E-state index is 0.270. The number of nitrogens with zero attached hydrogens (tertiary/aromatic N) is 1. The average molecular weight is 283 g/mol. The van der Waals surface area contributed by atoms with E-state index in [0.717, 1.165) is 16.6 Å². The van der Waals surface area contributed by atoms with Crippen molar-refractivity contribution < 1.29 is 0 Å². The maximum Gasteiger partial charge on any atom is 0.0670 e. The summed E-state index contributed by atoms with van der Waals surface area (Å²) >= 11 is 1.76. The first-order valence-electron chi connectivity index (χ1n) is 6.60. The van der Waals surface area contributed by atoms with Crippen molar-refractivity contribution >= 4 is 28.4 Å². The van der Waals surface area contributed by atoms with Crippen molar-refractivity contribution in [3.05, 3.63) is 54.2 Å². The number of anilines is 1. The largest absolute Gasteiger partial charge is 0.378 e. The Kier molecular flexibility index (Phi) is 3.65. The first-order valence-corrected chi connectivity index (χ1v) is 7.82. The fourth-order valence-corrected chi connectivity index (χ4v) is 2.66. The van der Waals surface area contributed by atoms with Gasteiger partial charge in [-0.2, -0.15) is 5.10 Å². The number of aromatic nitrogens is 2. The molecule has 0 radical (unpaired) electrons. The lowest BCUT2D eigenvalue weighted by Crippen LogP contribution is -2.06. The Morgan fingerprint density at radius 1 is 1.15 bits per heavy atom. The lowest BCUT2D eigenvalue weighted by molar-refractivity contribution is 0.883. The number of thioether (sulfide) groups is 1. The van der Waals surface area contributed by atoms with E-state index >= 15 is 0 Å². The molecule has 0 amide bonds. The van der Waals surface area contributed by atoms with Gasteiger partial charge in [-0.1, -0.05) is 12.1 Å². The number of rotatable bonds is 4. The van der Waals surface area contributed by atoms with Gasteiger partial charge in [0.2, 0.25) is 0 Å². The van der Waals surface area contributed by atoms with Crippen LogP contribution in [0.1, 0.15) is 18.5 Å². The van der Waals surface area contributed by atoms with Gasteiger partial charge in [-0.3, -0.25) is 5.10 Å². The maximum absolute atomic E-state index is 4.04. The van der Waals surface area contributed by atoms with Gasteiger partial charge < -0.3 is 5.32 Å². The van der Waals surface area contributed by atoms with Crippen LogP contribution in [0.25, 0.3) is 10.9 Å². The van der Waals surface area contributed by atoms with Crippen LogP contribution in [-0.2, 0) is 0 Å². The summed E-state index contributed by atoms with van der Waals surface area (Å²) in [5.74, 6) is 0. The summed E-state index contributed by atoms with van der Waals surface area (Å²) in [5.41, 5.74) is 3.44. The van der Waals surface area contributed by atoms with Crippen molar-refractivity contribution in [3.63, 3.8) is 0 Å². The number of H-pyrrole nitrogens is 1. The molecule has 0 fully saturated rings. The Bertz CT molecular complexity index is 703. The van der Waals surface area contributed by atoms with Gasteiger partial charge in [-0.15, -0.1) is 11.8 Å². The van der Waals surface area contributed by atoms with Gasteiger partial charge in [-0.25, -0.2) is 0 Å². The highest BCUT2D eigenvalue weighted by atomic mass is 32.2. The molecule has 3 aromatic rings. The Morgan fingerprint density at radius 2 is 1.95 bits per heavy atom. The Morgan fingerprint density at radius 3 is 2.70 bits per heavy atom. The lowest BCUT2D eigenvalue weighted by Gasteiger charge is -2.16. The molecule has 0 aliphatic carbocycles. The third kappa shape index (κ3) is 2.65. The van der Waals surface area contributed by atoms with E-state index < -0.39 is 0 Å². The van der Waals surface area contributed by atoms with Crippen LogP contribution in [0.2, 0.25) is 0 Å². The molecule has 4 heteroatoms. The zero-order valence-electron chi connectivity index (χ0n) is 11.6. The number of hydrogen-bond donors (Lipinski definition) is 2. The molecule has 1 unspecified atom stereocenters. The van der Waals surface area contributed by atoms with Crippen molar-refractivity contribution in [2.24, 2.45) is 0 Å². The van der Waals surface area contributed by atoms with Gasteiger partial charge in [0.15, 0.2) is 0 Å². The van der Waals surface area contributed by atoms with Crippen molar-refractivity contribution in [3.8, 4) is 0 Å². The number of fused-ring (bicyclic) bond motifs is 1. The van der Waals surface area contributed by atoms with Gasteiger partial charge in [0, 0.05) is 22.0 Å². The maximum atomic E-state index is 4.04. The number of benzene rings is 2. The van der Waals surface area contributed by atoms with E-state index in [1.54, 1.807) is 11.8 Å². The van der Waals surface area contributed by atoms with Gasteiger partial charge in [0.25, 0.3) is 0 Å². The highest BCUT2D eigenvalue weighted by molar-refractivity contribution is 7.98. The normalized spacial score (nSPS) is 12.5. The molecule has 3 rings (SSSR count). The molecular weight excluding hydrogens is 266 g/mol. The van der Waals surface area contributed by atoms with Crippen LogP contribution >= 0.6 is 11.8 Å².